The first-order chi connectivity index (χ1) is 13.0. The predicted molar refractivity (Wildman–Crippen MR) is 102 cm³/mol. The largest absolute Gasteiger partial charge is 0.321 e. The molecule has 0 aliphatic heterocycles. The van der Waals surface area contributed by atoms with Crippen LogP contribution in [0.15, 0.2) is 61.2 Å². The van der Waals surface area contributed by atoms with Crippen molar-refractivity contribution >= 4 is 34.8 Å². The van der Waals surface area contributed by atoms with Crippen molar-refractivity contribution in [2.75, 3.05) is 10.6 Å². The molecule has 2 amide bonds. The number of nitrogens with zero attached hydrogens (tertiary/aromatic N) is 1. The molecule has 1 heterocycles. The molecule has 3 rings (SSSR count). The van der Waals surface area contributed by atoms with Gasteiger partial charge in [-0.05, 0) is 42.5 Å². The maximum absolute atomic E-state index is 13.8. The van der Waals surface area contributed by atoms with Crippen molar-refractivity contribution in [3.63, 3.8) is 0 Å². The van der Waals surface area contributed by atoms with Crippen molar-refractivity contribution in [1.29, 1.82) is 0 Å². The van der Waals surface area contributed by atoms with Crippen molar-refractivity contribution in [3.8, 4) is 11.3 Å². The lowest BCUT2D eigenvalue weighted by Crippen LogP contribution is -2.14. The van der Waals surface area contributed by atoms with Gasteiger partial charge in [-0.3, -0.25) is 14.7 Å². The molecule has 0 aliphatic rings. The van der Waals surface area contributed by atoms with Crippen LogP contribution in [0.3, 0.4) is 0 Å². The summed E-state index contributed by atoms with van der Waals surface area (Å²) in [6.07, 6.45) is 1.02. The summed E-state index contributed by atoms with van der Waals surface area (Å²) in [4.78, 5) is 23.7. The monoisotopic (exact) mass is 384 g/mol. The minimum absolute atomic E-state index is 0.0656. The van der Waals surface area contributed by atoms with E-state index < -0.39 is 17.6 Å². The van der Waals surface area contributed by atoms with Crippen LogP contribution >= 0.6 is 11.6 Å². The van der Waals surface area contributed by atoms with Gasteiger partial charge in [0.15, 0.2) is 0 Å². The van der Waals surface area contributed by atoms with Gasteiger partial charge in [0.25, 0.3) is 5.91 Å². The van der Waals surface area contributed by atoms with Gasteiger partial charge in [-0.1, -0.05) is 30.3 Å². The highest BCUT2D eigenvalue weighted by Gasteiger charge is 2.13. The van der Waals surface area contributed by atoms with Crippen LogP contribution < -0.4 is 10.6 Å². The van der Waals surface area contributed by atoms with Crippen molar-refractivity contribution in [2.24, 2.45) is 0 Å². The fraction of sp³-hybridized carbons (Fsp3) is 0. The number of hydrogen-bond donors (Lipinski definition) is 3. The number of amides is 2. The average molecular weight is 385 g/mol. The fourth-order valence-electron chi connectivity index (χ4n) is 2.29. The summed E-state index contributed by atoms with van der Waals surface area (Å²) < 4.78 is 13.8. The summed E-state index contributed by atoms with van der Waals surface area (Å²) in [5.41, 5.74) is 1.84. The average Bonchev–Trinajstić information content (AvgIpc) is 3.15. The number of nitrogens with one attached hydrogen (secondary N) is 3. The first-order valence-corrected chi connectivity index (χ1v) is 8.20. The summed E-state index contributed by atoms with van der Waals surface area (Å²) >= 11 is 5.86. The minimum Gasteiger partial charge on any atom is -0.321 e. The molecule has 3 aromatic rings. The van der Waals surface area contributed by atoms with Crippen LogP contribution in [0.1, 0.15) is 10.5 Å². The third kappa shape index (κ3) is 4.39. The normalized spacial score (nSPS) is 10.3. The van der Waals surface area contributed by atoms with Gasteiger partial charge in [0.05, 0.1) is 11.4 Å². The van der Waals surface area contributed by atoms with Gasteiger partial charge >= 0.3 is 0 Å². The van der Waals surface area contributed by atoms with Gasteiger partial charge in [-0.15, -0.1) is 0 Å². The van der Waals surface area contributed by atoms with Crippen LogP contribution in [0.4, 0.5) is 15.8 Å². The number of rotatable bonds is 5. The number of anilines is 2. The van der Waals surface area contributed by atoms with E-state index in [4.69, 9.17) is 11.6 Å². The number of benzene rings is 2. The topological polar surface area (TPSA) is 86.9 Å². The van der Waals surface area contributed by atoms with E-state index in [1.807, 2.05) is 0 Å². The number of hydrogen-bond acceptors (Lipinski definition) is 3. The smallest absolute Gasteiger partial charge is 0.273 e. The molecule has 0 radical (unpaired) electrons. The van der Waals surface area contributed by atoms with Gasteiger partial charge in [0, 0.05) is 16.3 Å². The second kappa shape index (κ2) is 7.84. The summed E-state index contributed by atoms with van der Waals surface area (Å²) in [5, 5.41) is 12.3. The Kier molecular flexibility index (Phi) is 5.33. The van der Waals surface area contributed by atoms with E-state index in [9.17, 15) is 14.0 Å². The van der Waals surface area contributed by atoms with E-state index >= 15 is 0 Å². The lowest BCUT2D eigenvalue weighted by molar-refractivity contribution is -0.111. The third-order valence-electron chi connectivity index (χ3n) is 3.63. The zero-order valence-electron chi connectivity index (χ0n) is 13.9. The molecule has 0 atom stereocenters. The zero-order valence-corrected chi connectivity index (χ0v) is 14.7. The van der Waals surface area contributed by atoms with E-state index in [1.54, 1.807) is 30.3 Å². The van der Waals surface area contributed by atoms with Crippen LogP contribution in [-0.4, -0.2) is 22.0 Å². The number of carbonyl (C=O) groups excluding carboxylic acids is 2. The number of aromatic amines is 1. The highest BCUT2D eigenvalue weighted by Crippen LogP contribution is 2.22. The van der Waals surface area contributed by atoms with Crippen molar-refractivity contribution in [3.05, 3.63) is 77.7 Å². The summed E-state index contributed by atoms with van der Waals surface area (Å²) in [6, 6.07) is 12.4. The molecule has 0 bridgehead atoms. The van der Waals surface area contributed by atoms with Gasteiger partial charge in [0.1, 0.15) is 11.5 Å². The second-order valence-corrected chi connectivity index (χ2v) is 5.95. The molecule has 1 aromatic heterocycles. The summed E-state index contributed by atoms with van der Waals surface area (Å²) in [5.74, 6) is -1.65. The maximum Gasteiger partial charge on any atom is 0.273 e. The highest BCUT2D eigenvalue weighted by atomic mass is 35.5. The standard InChI is InChI=1S/C19H14ClFN4O2/c1-2-18(26)23-16-9-13(7-8-14(16)21)22-19(27)17-10-15(24-25-17)11-3-5-12(20)6-4-11/h2-10H,1H2,(H,22,27)(H,23,26)(H,24,25). The van der Waals surface area contributed by atoms with Crippen molar-refractivity contribution < 1.29 is 14.0 Å². The second-order valence-electron chi connectivity index (χ2n) is 5.52. The molecule has 0 fully saturated rings. The molecule has 8 heteroatoms. The Morgan fingerprint density at radius 3 is 2.56 bits per heavy atom. The molecule has 27 heavy (non-hydrogen) atoms. The summed E-state index contributed by atoms with van der Waals surface area (Å²) in [7, 11) is 0. The molecule has 0 spiro atoms. The Labute approximate surface area is 159 Å². The maximum atomic E-state index is 13.8. The van der Waals surface area contributed by atoms with Crippen molar-refractivity contribution in [2.45, 2.75) is 0 Å². The number of H-pyrrole nitrogens is 1. The first kappa shape index (κ1) is 18.3. The van der Waals surface area contributed by atoms with E-state index in [1.165, 1.54) is 12.1 Å². The molecule has 0 saturated heterocycles. The van der Waals surface area contributed by atoms with Crippen LogP contribution in [0.5, 0.6) is 0 Å². The lowest BCUT2D eigenvalue weighted by atomic mass is 10.1. The van der Waals surface area contributed by atoms with Crippen molar-refractivity contribution in [1.82, 2.24) is 10.2 Å². The number of carbonyl (C=O) groups is 2. The quantitative estimate of drug-likeness (QED) is 0.575. The van der Waals surface area contributed by atoms with Gasteiger partial charge in [-0.25, -0.2) is 4.39 Å². The van der Waals surface area contributed by atoms with E-state index in [0.29, 0.717) is 16.4 Å². The molecule has 2 aromatic carbocycles. The van der Waals surface area contributed by atoms with E-state index in [2.05, 4.69) is 27.4 Å². The number of aromatic nitrogens is 2. The number of halogens is 2. The summed E-state index contributed by atoms with van der Waals surface area (Å²) in [6.45, 7) is 3.31. The Morgan fingerprint density at radius 2 is 1.85 bits per heavy atom. The molecule has 0 unspecified atom stereocenters. The Morgan fingerprint density at radius 1 is 1.11 bits per heavy atom. The fourth-order valence-corrected chi connectivity index (χ4v) is 2.41. The third-order valence-corrected chi connectivity index (χ3v) is 3.88. The van der Waals surface area contributed by atoms with Crippen LogP contribution in [-0.2, 0) is 4.79 Å². The highest BCUT2D eigenvalue weighted by molar-refractivity contribution is 6.30. The van der Waals surface area contributed by atoms with Crippen LogP contribution in [0.25, 0.3) is 11.3 Å². The molecule has 6 nitrogen and oxygen atoms in total. The molecular weight excluding hydrogens is 371 g/mol. The van der Waals surface area contributed by atoms with Crippen LogP contribution in [0, 0.1) is 5.82 Å². The molecular formula is C19H14ClFN4O2. The molecule has 0 saturated carbocycles. The minimum atomic E-state index is -0.630. The zero-order chi connectivity index (χ0) is 19.4. The molecule has 0 aliphatic carbocycles. The van der Waals surface area contributed by atoms with Gasteiger partial charge in [0.2, 0.25) is 5.91 Å². The Hall–Kier alpha value is -3.45. The van der Waals surface area contributed by atoms with E-state index in [-0.39, 0.29) is 11.4 Å². The Balaban J connectivity index is 1.76. The SMILES string of the molecule is C=CC(=O)Nc1cc(NC(=O)c2cc(-c3ccc(Cl)cc3)n[nH]2)ccc1F. The lowest BCUT2D eigenvalue weighted by Gasteiger charge is -2.08. The van der Waals surface area contributed by atoms with Gasteiger partial charge < -0.3 is 10.6 Å². The van der Waals surface area contributed by atoms with Crippen LogP contribution in [0.2, 0.25) is 5.02 Å². The van der Waals surface area contributed by atoms with E-state index in [0.717, 1.165) is 17.7 Å². The predicted octanol–water partition coefficient (Wildman–Crippen LogP) is 4.25. The molecule has 3 N–H and O–H groups in total. The van der Waals surface area contributed by atoms with Gasteiger partial charge in [-0.2, -0.15) is 5.10 Å². The molecule has 136 valence electrons. The first-order valence-electron chi connectivity index (χ1n) is 7.82. The Bertz CT molecular complexity index is 1010.